The van der Waals surface area contributed by atoms with E-state index >= 15 is 0 Å². The van der Waals surface area contributed by atoms with Crippen molar-refractivity contribution < 1.29 is 4.79 Å². The van der Waals surface area contributed by atoms with Crippen molar-refractivity contribution in [1.29, 1.82) is 0 Å². The molecule has 0 aliphatic rings. The number of nitrogens with two attached hydrogens (primary N) is 1. The summed E-state index contributed by atoms with van der Waals surface area (Å²) in [4.78, 5) is 16.7. The first kappa shape index (κ1) is 19.9. The number of benzene rings is 3. The van der Waals surface area contributed by atoms with Crippen molar-refractivity contribution >= 4 is 34.9 Å². The Labute approximate surface area is 174 Å². The number of carbonyl (C=O) groups excluding carboxylic acids is 1. The predicted molar refractivity (Wildman–Crippen MR) is 116 cm³/mol. The molecule has 0 radical (unpaired) electrons. The molecule has 3 N–H and O–H groups in total. The molecule has 0 aliphatic heterocycles. The van der Waals surface area contributed by atoms with Crippen LogP contribution in [0.4, 0.5) is 0 Å². The van der Waals surface area contributed by atoms with Gasteiger partial charge < -0.3 is 11.1 Å². The molecule has 0 saturated heterocycles. The van der Waals surface area contributed by atoms with Crippen LogP contribution < -0.4 is 11.1 Å². The summed E-state index contributed by atoms with van der Waals surface area (Å²) < 4.78 is 0. The third kappa shape index (κ3) is 4.53. The largest absolute Gasteiger partial charge is 0.384 e. The standard InChI is InChI=1S/C22H19Cl2N3O/c1-26-21(25)15-8-6-14(7-9-15)13-27-22(28)18-5-3-2-4-17(18)16-10-11-19(23)20(24)12-16/h2-12H,13H2,1H3,(H2,25,26)(H,27,28). The van der Waals surface area contributed by atoms with Crippen LogP contribution in [-0.4, -0.2) is 18.8 Å². The normalized spacial score (nSPS) is 11.3. The molecule has 0 saturated carbocycles. The van der Waals surface area contributed by atoms with Gasteiger partial charge in [0.1, 0.15) is 5.84 Å². The Kier molecular flexibility index (Phi) is 6.34. The van der Waals surface area contributed by atoms with Crippen molar-refractivity contribution in [3.05, 3.63) is 93.5 Å². The number of carbonyl (C=O) groups is 1. The summed E-state index contributed by atoms with van der Waals surface area (Å²) in [6.07, 6.45) is 0. The van der Waals surface area contributed by atoms with Gasteiger partial charge in [0.2, 0.25) is 0 Å². The minimum atomic E-state index is -0.166. The van der Waals surface area contributed by atoms with Gasteiger partial charge in [0.25, 0.3) is 5.91 Å². The van der Waals surface area contributed by atoms with Gasteiger partial charge in [0.15, 0.2) is 0 Å². The van der Waals surface area contributed by atoms with Gasteiger partial charge in [-0.25, -0.2) is 0 Å². The van der Waals surface area contributed by atoms with Crippen molar-refractivity contribution in [3.8, 4) is 11.1 Å². The van der Waals surface area contributed by atoms with E-state index in [4.69, 9.17) is 28.9 Å². The van der Waals surface area contributed by atoms with Gasteiger partial charge in [-0.3, -0.25) is 9.79 Å². The number of amides is 1. The van der Waals surface area contributed by atoms with Gasteiger partial charge in [-0.15, -0.1) is 0 Å². The van der Waals surface area contributed by atoms with E-state index in [1.807, 2.05) is 48.5 Å². The van der Waals surface area contributed by atoms with Crippen LogP contribution in [0, 0.1) is 0 Å². The Bertz CT molecular complexity index is 1030. The number of nitrogens with one attached hydrogen (secondary N) is 1. The molecule has 6 heteroatoms. The summed E-state index contributed by atoms with van der Waals surface area (Å²) in [6.45, 7) is 0.401. The molecule has 3 aromatic carbocycles. The fraction of sp³-hybridized carbons (Fsp3) is 0.0909. The maximum absolute atomic E-state index is 12.8. The molecule has 0 unspecified atom stereocenters. The molecule has 0 fully saturated rings. The summed E-state index contributed by atoms with van der Waals surface area (Å²) in [5, 5.41) is 3.88. The minimum Gasteiger partial charge on any atom is -0.384 e. The highest BCUT2D eigenvalue weighted by atomic mass is 35.5. The van der Waals surface area contributed by atoms with Gasteiger partial charge >= 0.3 is 0 Å². The lowest BCUT2D eigenvalue weighted by molar-refractivity contribution is 0.0951. The zero-order valence-electron chi connectivity index (χ0n) is 15.2. The minimum absolute atomic E-state index is 0.166. The topological polar surface area (TPSA) is 67.5 Å². The Hall–Kier alpha value is -2.82. The van der Waals surface area contributed by atoms with E-state index < -0.39 is 0 Å². The molecule has 142 valence electrons. The number of nitrogens with zero attached hydrogens (tertiary/aromatic N) is 1. The molecule has 0 bridgehead atoms. The Morgan fingerprint density at radius 1 is 1.00 bits per heavy atom. The van der Waals surface area contributed by atoms with E-state index in [9.17, 15) is 4.79 Å². The number of rotatable bonds is 5. The highest BCUT2D eigenvalue weighted by molar-refractivity contribution is 6.42. The molecule has 0 atom stereocenters. The number of amidine groups is 1. The second-order valence-electron chi connectivity index (χ2n) is 6.16. The first-order valence-electron chi connectivity index (χ1n) is 8.64. The molecular formula is C22H19Cl2N3O. The van der Waals surface area contributed by atoms with Crippen LogP contribution >= 0.6 is 23.2 Å². The van der Waals surface area contributed by atoms with E-state index in [1.54, 1.807) is 25.2 Å². The molecule has 0 aromatic heterocycles. The first-order valence-corrected chi connectivity index (χ1v) is 9.39. The van der Waals surface area contributed by atoms with E-state index in [-0.39, 0.29) is 5.91 Å². The molecule has 0 heterocycles. The van der Waals surface area contributed by atoms with Crippen molar-refractivity contribution in [3.63, 3.8) is 0 Å². The lowest BCUT2D eigenvalue weighted by atomic mass is 9.99. The van der Waals surface area contributed by atoms with E-state index in [1.165, 1.54) is 0 Å². The molecule has 0 aliphatic carbocycles. The summed E-state index contributed by atoms with van der Waals surface area (Å²) in [6, 6.07) is 20.3. The highest BCUT2D eigenvalue weighted by Gasteiger charge is 2.13. The Morgan fingerprint density at radius 2 is 1.71 bits per heavy atom. The molecule has 3 aromatic rings. The van der Waals surface area contributed by atoms with Gasteiger partial charge in [0.05, 0.1) is 10.0 Å². The van der Waals surface area contributed by atoms with E-state index in [0.29, 0.717) is 28.0 Å². The fourth-order valence-electron chi connectivity index (χ4n) is 2.80. The van der Waals surface area contributed by atoms with Gasteiger partial charge in [-0.05, 0) is 34.9 Å². The number of hydrogen-bond acceptors (Lipinski definition) is 2. The van der Waals surface area contributed by atoms with Gasteiger partial charge in [-0.1, -0.05) is 71.7 Å². The second-order valence-corrected chi connectivity index (χ2v) is 6.98. The Balaban J connectivity index is 1.77. The number of hydrogen-bond donors (Lipinski definition) is 2. The van der Waals surface area contributed by atoms with Gasteiger partial charge in [0, 0.05) is 24.7 Å². The van der Waals surface area contributed by atoms with E-state index in [2.05, 4.69) is 10.3 Å². The molecule has 1 amide bonds. The molecule has 0 spiro atoms. The maximum atomic E-state index is 12.8. The van der Waals surface area contributed by atoms with Crippen molar-refractivity contribution in [1.82, 2.24) is 5.32 Å². The monoisotopic (exact) mass is 411 g/mol. The van der Waals surface area contributed by atoms with Crippen LogP contribution in [0.15, 0.2) is 71.7 Å². The SMILES string of the molecule is CN=C(N)c1ccc(CNC(=O)c2ccccc2-c2ccc(Cl)c(Cl)c2)cc1. The summed E-state index contributed by atoms with van der Waals surface area (Å²) in [5.41, 5.74) is 9.81. The third-order valence-corrected chi connectivity index (χ3v) is 5.08. The zero-order valence-corrected chi connectivity index (χ0v) is 16.8. The first-order chi connectivity index (χ1) is 13.5. The van der Waals surface area contributed by atoms with Crippen LogP contribution in [0.25, 0.3) is 11.1 Å². The average Bonchev–Trinajstić information content (AvgIpc) is 2.73. The summed E-state index contributed by atoms with van der Waals surface area (Å²) in [5.74, 6) is 0.312. The summed E-state index contributed by atoms with van der Waals surface area (Å²) in [7, 11) is 1.65. The summed E-state index contributed by atoms with van der Waals surface area (Å²) >= 11 is 12.1. The number of aliphatic imine (C=N–C) groups is 1. The van der Waals surface area contributed by atoms with Crippen LogP contribution in [0.3, 0.4) is 0 Å². The van der Waals surface area contributed by atoms with Crippen LogP contribution in [-0.2, 0) is 6.54 Å². The lowest BCUT2D eigenvalue weighted by Gasteiger charge is -2.11. The van der Waals surface area contributed by atoms with Crippen LogP contribution in [0.1, 0.15) is 21.5 Å². The second kappa shape index (κ2) is 8.91. The number of halogens is 2. The molecule has 4 nitrogen and oxygen atoms in total. The van der Waals surface area contributed by atoms with Crippen molar-refractivity contribution in [2.45, 2.75) is 6.54 Å². The fourth-order valence-corrected chi connectivity index (χ4v) is 3.09. The molecule has 28 heavy (non-hydrogen) atoms. The Morgan fingerprint density at radius 3 is 2.39 bits per heavy atom. The van der Waals surface area contributed by atoms with Crippen molar-refractivity contribution in [2.75, 3.05) is 7.05 Å². The van der Waals surface area contributed by atoms with Crippen molar-refractivity contribution in [2.24, 2.45) is 10.7 Å². The van der Waals surface area contributed by atoms with Crippen LogP contribution in [0.5, 0.6) is 0 Å². The quantitative estimate of drug-likeness (QED) is 0.461. The predicted octanol–water partition coefficient (Wildman–Crippen LogP) is 4.93. The van der Waals surface area contributed by atoms with Crippen LogP contribution in [0.2, 0.25) is 10.0 Å². The van der Waals surface area contributed by atoms with E-state index in [0.717, 1.165) is 22.3 Å². The smallest absolute Gasteiger partial charge is 0.252 e. The highest BCUT2D eigenvalue weighted by Crippen LogP contribution is 2.30. The third-order valence-electron chi connectivity index (χ3n) is 4.35. The molecule has 3 rings (SSSR count). The maximum Gasteiger partial charge on any atom is 0.252 e. The average molecular weight is 412 g/mol. The zero-order chi connectivity index (χ0) is 20.1. The van der Waals surface area contributed by atoms with Gasteiger partial charge in [-0.2, -0.15) is 0 Å². The molecular weight excluding hydrogens is 393 g/mol. The lowest BCUT2D eigenvalue weighted by Crippen LogP contribution is -2.23.